The van der Waals surface area contributed by atoms with Gasteiger partial charge in [-0.3, -0.25) is 9.69 Å². The van der Waals surface area contributed by atoms with E-state index >= 15 is 0 Å². The van der Waals surface area contributed by atoms with Crippen LogP contribution in [0.1, 0.15) is 36.2 Å². The number of hydrogen-bond donors (Lipinski definition) is 0. The van der Waals surface area contributed by atoms with E-state index in [0.29, 0.717) is 36.7 Å². The summed E-state index contributed by atoms with van der Waals surface area (Å²) in [7, 11) is 0. The summed E-state index contributed by atoms with van der Waals surface area (Å²) in [5.41, 5.74) is 1.03. The van der Waals surface area contributed by atoms with Gasteiger partial charge in [-0.1, -0.05) is 12.1 Å². The highest BCUT2D eigenvalue weighted by Gasteiger charge is 2.23. The molecule has 0 amide bonds. The lowest BCUT2D eigenvalue weighted by Gasteiger charge is -2.36. The third-order valence-corrected chi connectivity index (χ3v) is 3.86. The van der Waals surface area contributed by atoms with E-state index in [4.69, 9.17) is 4.74 Å². The Balaban J connectivity index is 1.92. The first kappa shape index (κ1) is 15.1. The second-order valence-corrected chi connectivity index (χ2v) is 5.63. The zero-order chi connectivity index (χ0) is 14.7. The number of aryl methyl sites for hydroxylation is 1. The minimum Gasteiger partial charge on any atom is -0.376 e. The Morgan fingerprint density at radius 2 is 2.20 bits per heavy atom. The van der Waals surface area contributed by atoms with E-state index in [1.165, 1.54) is 6.07 Å². The first-order valence-electron chi connectivity index (χ1n) is 7.12. The smallest absolute Gasteiger partial charge is 0.164 e. The molecule has 0 radical (unpaired) electrons. The molecule has 0 aromatic heterocycles. The minimum absolute atomic E-state index is 0.00440. The van der Waals surface area contributed by atoms with Gasteiger partial charge >= 0.3 is 0 Å². The zero-order valence-electron chi connectivity index (χ0n) is 12.4. The molecule has 2 atom stereocenters. The number of carbonyl (C=O) groups excluding carboxylic acids is 1. The van der Waals surface area contributed by atoms with Crippen LogP contribution < -0.4 is 0 Å². The van der Waals surface area contributed by atoms with E-state index in [1.807, 2.05) is 6.92 Å². The maximum absolute atomic E-state index is 13.5. The summed E-state index contributed by atoms with van der Waals surface area (Å²) in [4.78, 5) is 14.4. The number of carbonyl (C=O) groups is 1. The lowest BCUT2D eigenvalue weighted by atomic mass is 10.1. The molecular formula is C16H22FNO2. The second kappa shape index (κ2) is 6.46. The van der Waals surface area contributed by atoms with Crippen LogP contribution in [0.25, 0.3) is 0 Å². The molecule has 1 aromatic carbocycles. The van der Waals surface area contributed by atoms with Gasteiger partial charge in [-0.25, -0.2) is 4.39 Å². The number of benzene rings is 1. The van der Waals surface area contributed by atoms with Crippen molar-refractivity contribution in [3.8, 4) is 0 Å². The Hall–Kier alpha value is -1.26. The third-order valence-electron chi connectivity index (χ3n) is 3.86. The number of hydrogen-bond acceptors (Lipinski definition) is 3. The Bertz CT molecular complexity index is 489. The molecule has 0 N–H and O–H groups in total. The fraction of sp³-hybridized carbons (Fsp3) is 0.562. The molecule has 0 aliphatic carbocycles. The van der Waals surface area contributed by atoms with Crippen molar-refractivity contribution in [1.29, 1.82) is 0 Å². The van der Waals surface area contributed by atoms with Crippen molar-refractivity contribution in [1.82, 2.24) is 4.90 Å². The lowest BCUT2D eigenvalue weighted by molar-refractivity contribution is -0.0488. The van der Waals surface area contributed by atoms with Crippen LogP contribution in [0.3, 0.4) is 0 Å². The van der Waals surface area contributed by atoms with Gasteiger partial charge in [0.1, 0.15) is 5.82 Å². The number of halogens is 1. The highest BCUT2D eigenvalue weighted by molar-refractivity contribution is 5.96. The zero-order valence-corrected chi connectivity index (χ0v) is 12.4. The molecule has 2 unspecified atom stereocenters. The van der Waals surface area contributed by atoms with Crippen molar-refractivity contribution in [2.24, 2.45) is 0 Å². The third kappa shape index (κ3) is 3.64. The molecule has 1 saturated heterocycles. The van der Waals surface area contributed by atoms with Crippen molar-refractivity contribution in [3.63, 3.8) is 0 Å². The van der Waals surface area contributed by atoms with Crippen LogP contribution in [0.5, 0.6) is 0 Å². The van der Waals surface area contributed by atoms with Gasteiger partial charge in [-0.05, 0) is 32.4 Å². The number of ether oxygens (including phenoxy) is 1. The van der Waals surface area contributed by atoms with Gasteiger partial charge in [-0.2, -0.15) is 0 Å². The normalized spacial score (nSPS) is 23.8. The van der Waals surface area contributed by atoms with Gasteiger partial charge in [-0.15, -0.1) is 0 Å². The van der Waals surface area contributed by atoms with E-state index in [2.05, 4.69) is 11.8 Å². The predicted molar refractivity (Wildman–Crippen MR) is 76.5 cm³/mol. The van der Waals surface area contributed by atoms with Crippen molar-refractivity contribution < 1.29 is 13.9 Å². The van der Waals surface area contributed by atoms with Crippen molar-refractivity contribution >= 4 is 5.78 Å². The van der Waals surface area contributed by atoms with Crippen molar-refractivity contribution in [3.05, 3.63) is 35.1 Å². The van der Waals surface area contributed by atoms with E-state index in [0.717, 1.165) is 6.54 Å². The average molecular weight is 279 g/mol. The second-order valence-electron chi connectivity index (χ2n) is 5.63. The predicted octanol–water partition coefficient (Wildman–Crippen LogP) is 2.82. The van der Waals surface area contributed by atoms with Crippen LogP contribution in [0, 0.1) is 12.7 Å². The van der Waals surface area contributed by atoms with E-state index in [9.17, 15) is 9.18 Å². The van der Waals surface area contributed by atoms with E-state index in [-0.39, 0.29) is 17.7 Å². The molecule has 1 fully saturated rings. The Morgan fingerprint density at radius 1 is 1.45 bits per heavy atom. The van der Waals surface area contributed by atoms with Gasteiger partial charge in [0.05, 0.1) is 12.7 Å². The number of morpholine rings is 1. The molecular weight excluding hydrogens is 257 g/mol. The average Bonchev–Trinajstić information content (AvgIpc) is 2.42. The largest absolute Gasteiger partial charge is 0.376 e. The van der Waals surface area contributed by atoms with Crippen LogP contribution in [-0.2, 0) is 4.74 Å². The summed E-state index contributed by atoms with van der Waals surface area (Å²) in [6.07, 6.45) is 0.623. The molecule has 0 spiro atoms. The van der Waals surface area contributed by atoms with Gasteiger partial charge in [0.15, 0.2) is 5.78 Å². The lowest BCUT2D eigenvalue weighted by Crippen LogP contribution is -2.47. The molecule has 110 valence electrons. The number of rotatable bonds is 4. The monoisotopic (exact) mass is 279 g/mol. The van der Waals surface area contributed by atoms with Crippen LogP contribution >= 0.6 is 0 Å². The van der Waals surface area contributed by atoms with Crippen LogP contribution in [0.4, 0.5) is 4.39 Å². The molecule has 0 saturated carbocycles. The van der Waals surface area contributed by atoms with Crippen molar-refractivity contribution in [2.75, 3.05) is 19.7 Å². The quantitative estimate of drug-likeness (QED) is 0.794. The Morgan fingerprint density at radius 3 is 2.90 bits per heavy atom. The Kier molecular flexibility index (Phi) is 4.89. The fourth-order valence-electron chi connectivity index (χ4n) is 2.44. The van der Waals surface area contributed by atoms with Gasteiger partial charge in [0.25, 0.3) is 0 Å². The van der Waals surface area contributed by atoms with Crippen LogP contribution in [0.2, 0.25) is 0 Å². The minimum atomic E-state index is -0.316. The maximum atomic E-state index is 13.5. The van der Waals surface area contributed by atoms with E-state index < -0.39 is 0 Å². The molecule has 0 bridgehead atoms. The first-order chi connectivity index (χ1) is 9.47. The Labute approximate surface area is 119 Å². The maximum Gasteiger partial charge on any atom is 0.164 e. The van der Waals surface area contributed by atoms with Crippen molar-refractivity contribution in [2.45, 2.75) is 39.3 Å². The fourth-order valence-corrected chi connectivity index (χ4v) is 2.44. The number of ketones is 1. The summed E-state index contributed by atoms with van der Waals surface area (Å²) in [6.45, 7) is 8.08. The summed E-state index contributed by atoms with van der Waals surface area (Å²) in [6, 6.07) is 5.02. The highest BCUT2D eigenvalue weighted by atomic mass is 19.1. The molecule has 1 aromatic rings. The molecule has 4 heteroatoms. The van der Waals surface area contributed by atoms with Crippen LogP contribution in [-0.4, -0.2) is 42.5 Å². The molecule has 1 aliphatic heterocycles. The molecule has 1 heterocycles. The van der Waals surface area contributed by atoms with E-state index in [1.54, 1.807) is 19.1 Å². The number of nitrogens with zero attached hydrogens (tertiary/aromatic N) is 1. The summed E-state index contributed by atoms with van der Waals surface area (Å²) in [5.74, 6) is -0.320. The molecule has 20 heavy (non-hydrogen) atoms. The van der Waals surface area contributed by atoms with Gasteiger partial charge in [0.2, 0.25) is 0 Å². The molecule has 2 rings (SSSR count). The summed E-state index contributed by atoms with van der Waals surface area (Å²) < 4.78 is 19.0. The molecule has 1 aliphatic rings. The van der Waals surface area contributed by atoms with Gasteiger partial charge < -0.3 is 4.74 Å². The number of Topliss-reactive ketones (excluding diaryl/α,β-unsaturated/α-hetero) is 1. The highest BCUT2D eigenvalue weighted by Crippen LogP contribution is 2.14. The summed E-state index contributed by atoms with van der Waals surface area (Å²) in [5, 5.41) is 0. The molecule has 3 nitrogen and oxygen atoms in total. The first-order valence-corrected chi connectivity index (χ1v) is 7.12. The standard InChI is InChI=1S/C16H22FNO2/c1-11-4-5-14(8-15(11)17)16(19)6-7-18-9-13(3)20-10-12(18)2/h4-5,8,12-13H,6-7,9-10H2,1-3H3. The van der Waals surface area contributed by atoms with Gasteiger partial charge in [0, 0.05) is 31.1 Å². The SMILES string of the molecule is Cc1ccc(C(=O)CCN2CC(C)OCC2C)cc1F. The van der Waals surface area contributed by atoms with Crippen LogP contribution in [0.15, 0.2) is 18.2 Å². The topological polar surface area (TPSA) is 29.5 Å². The summed E-state index contributed by atoms with van der Waals surface area (Å²) >= 11 is 0.